The maximum Gasteiger partial charge on any atom is 0.220 e. The molecule has 0 saturated carbocycles. The number of aliphatic hydroxyl groups is 8. The molecule has 106 heavy (non-hydrogen) atoms. The molecular formula is C92H157NO13. The van der Waals surface area contributed by atoms with Crippen molar-refractivity contribution in [3.8, 4) is 0 Å². The maximum absolute atomic E-state index is 13.4. The molecule has 1 amide bonds. The minimum absolute atomic E-state index is 0.240. The fraction of sp³-hybridized carbons (Fsp3) is 0.728. The highest BCUT2D eigenvalue weighted by Gasteiger charge is 2.51. The van der Waals surface area contributed by atoms with Crippen LogP contribution in [0.4, 0.5) is 0 Å². The Bertz CT molecular complexity index is 2350. The highest BCUT2D eigenvalue weighted by Crippen LogP contribution is 2.30. The number of ether oxygens (including phenoxy) is 4. The third-order valence-corrected chi connectivity index (χ3v) is 20.1. The number of amides is 1. The van der Waals surface area contributed by atoms with Crippen molar-refractivity contribution in [3.63, 3.8) is 0 Å². The van der Waals surface area contributed by atoms with Gasteiger partial charge in [-0.1, -0.05) is 372 Å². The van der Waals surface area contributed by atoms with Crippen molar-refractivity contribution in [1.29, 1.82) is 0 Å². The molecule has 9 N–H and O–H groups in total. The molecule has 0 aromatic heterocycles. The van der Waals surface area contributed by atoms with Gasteiger partial charge in [-0.3, -0.25) is 4.79 Å². The molecule has 14 nitrogen and oxygen atoms in total. The average Bonchev–Trinajstić information content (AvgIpc) is 0.789. The van der Waals surface area contributed by atoms with Crippen molar-refractivity contribution >= 4 is 5.91 Å². The zero-order chi connectivity index (χ0) is 76.5. The molecule has 0 bridgehead atoms. The Morgan fingerprint density at radius 3 is 0.981 bits per heavy atom. The lowest BCUT2D eigenvalue weighted by molar-refractivity contribution is -0.359. The van der Waals surface area contributed by atoms with Gasteiger partial charge in [0, 0.05) is 6.42 Å². The molecule has 0 radical (unpaired) electrons. The van der Waals surface area contributed by atoms with E-state index in [1.807, 2.05) is 0 Å². The Balaban J connectivity index is 1.63. The minimum Gasteiger partial charge on any atom is -0.394 e. The van der Waals surface area contributed by atoms with Crippen LogP contribution in [0.3, 0.4) is 0 Å². The quantitative estimate of drug-likeness (QED) is 0.0204. The van der Waals surface area contributed by atoms with Crippen LogP contribution in [-0.2, 0) is 23.7 Å². The standard InChI is InChI=1S/C92H157NO13/c1-3-5-7-9-11-13-15-17-19-21-23-25-27-29-31-33-35-37-38-39-40-41-42-44-46-48-50-52-54-56-58-60-62-64-66-68-70-72-74-76-84(97)93-80(79-103-91-89(102)87(100)90(83(78-95)105-91)106-92-88(101)86(99)85(98)82(77-94)104-92)81(96)75-73-71-69-67-65-63-61-59-57-55-53-51-49-47-45-43-36-34-32-30-28-26-24-22-20-18-16-14-12-10-8-6-4-2/h5,7,11,13,17,19,23,25,29,31,35,37,39-40,42,44,48,50,54,56,60,62,66,68,80-83,85-92,94-96,98-102H,3-4,6,8-10,12,14-16,18,20-22,24,26-28,30,32-34,36,38,41,43,45-47,49,51-53,55,57-59,61,63-65,67,69-79H2,1-2H3,(H,93,97)/b7-5-,13-11-,19-17-,25-23-,31-29-,37-35-,40-39-,44-42-,50-48-,56-54-,62-60-,68-66-. The summed E-state index contributed by atoms with van der Waals surface area (Å²) < 4.78 is 23.0. The molecule has 12 unspecified atom stereocenters. The van der Waals surface area contributed by atoms with Crippen LogP contribution in [0.1, 0.15) is 335 Å². The molecule has 2 fully saturated rings. The van der Waals surface area contributed by atoms with Crippen LogP contribution in [0.25, 0.3) is 0 Å². The van der Waals surface area contributed by atoms with E-state index in [1.54, 1.807) is 0 Å². The van der Waals surface area contributed by atoms with Gasteiger partial charge in [0.2, 0.25) is 5.91 Å². The second kappa shape index (κ2) is 73.7. The lowest BCUT2D eigenvalue weighted by atomic mass is 9.97. The Kier molecular flexibility index (Phi) is 68.1. The van der Waals surface area contributed by atoms with Crippen LogP contribution in [-0.4, -0.2) is 140 Å². The average molecular weight is 1490 g/mol. The number of allylic oxidation sites excluding steroid dienone is 24. The van der Waals surface area contributed by atoms with Crippen LogP contribution in [0, 0.1) is 0 Å². The number of hydrogen-bond acceptors (Lipinski definition) is 13. The highest BCUT2D eigenvalue weighted by molar-refractivity contribution is 5.76. The van der Waals surface area contributed by atoms with E-state index in [1.165, 1.54) is 186 Å². The van der Waals surface area contributed by atoms with E-state index in [-0.39, 0.29) is 18.9 Å². The van der Waals surface area contributed by atoms with Gasteiger partial charge in [-0.2, -0.15) is 0 Å². The van der Waals surface area contributed by atoms with Gasteiger partial charge in [0.1, 0.15) is 48.8 Å². The van der Waals surface area contributed by atoms with Gasteiger partial charge in [-0.15, -0.1) is 0 Å². The number of nitrogens with one attached hydrogen (secondary N) is 1. The van der Waals surface area contributed by atoms with Gasteiger partial charge in [0.25, 0.3) is 0 Å². The number of rotatable bonds is 71. The third kappa shape index (κ3) is 55.3. The molecule has 12 atom stereocenters. The van der Waals surface area contributed by atoms with Crippen LogP contribution < -0.4 is 5.32 Å². The molecule has 0 aromatic carbocycles. The summed E-state index contributed by atoms with van der Waals surface area (Å²) in [5, 5.41) is 87.9. The number of unbranched alkanes of at least 4 members (excludes halogenated alkanes) is 34. The number of aliphatic hydroxyl groups excluding tert-OH is 8. The van der Waals surface area contributed by atoms with E-state index < -0.39 is 86.8 Å². The Morgan fingerprint density at radius 1 is 0.349 bits per heavy atom. The van der Waals surface area contributed by atoms with Crippen LogP contribution >= 0.6 is 0 Å². The summed E-state index contributed by atoms with van der Waals surface area (Å²) in [5.74, 6) is -0.250. The Morgan fingerprint density at radius 2 is 0.651 bits per heavy atom. The predicted octanol–water partition coefficient (Wildman–Crippen LogP) is 20.7. The predicted molar refractivity (Wildman–Crippen MR) is 442 cm³/mol. The van der Waals surface area contributed by atoms with Gasteiger partial charge in [0.15, 0.2) is 12.6 Å². The number of hydrogen-bond donors (Lipinski definition) is 9. The zero-order valence-electron chi connectivity index (χ0n) is 66.9. The van der Waals surface area contributed by atoms with Crippen LogP contribution in [0.5, 0.6) is 0 Å². The summed E-state index contributed by atoms with van der Waals surface area (Å²) in [6.45, 7) is 2.75. The molecule has 0 aliphatic carbocycles. The molecular weight excluding hydrogens is 1330 g/mol. The Hall–Kier alpha value is -4.13. The monoisotopic (exact) mass is 1480 g/mol. The van der Waals surface area contributed by atoms with Gasteiger partial charge < -0.3 is 65.1 Å². The first-order chi connectivity index (χ1) is 52.1. The highest BCUT2D eigenvalue weighted by atomic mass is 16.7. The van der Waals surface area contributed by atoms with E-state index in [9.17, 15) is 45.6 Å². The summed E-state index contributed by atoms with van der Waals surface area (Å²) >= 11 is 0. The van der Waals surface area contributed by atoms with E-state index in [0.29, 0.717) is 12.8 Å². The molecule has 0 aromatic rings. The summed E-state index contributed by atoms with van der Waals surface area (Å²) in [6, 6.07) is -0.866. The van der Waals surface area contributed by atoms with Crippen molar-refractivity contribution in [3.05, 3.63) is 146 Å². The molecule has 14 heteroatoms. The minimum atomic E-state index is -1.80. The van der Waals surface area contributed by atoms with Gasteiger partial charge >= 0.3 is 0 Å². The zero-order valence-corrected chi connectivity index (χ0v) is 66.9. The number of carbonyl (C=O) groups excluding carboxylic acids is 1. The topological polar surface area (TPSA) is 228 Å². The van der Waals surface area contributed by atoms with Gasteiger partial charge in [0.05, 0.1) is 32.0 Å². The third-order valence-electron chi connectivity index (χ3n) is 20.1. The first-order valence-electron chi connectivity index (χ1n) is 43.1. The maximum atomic E-state index is 13.4. The summed E-state index contributed by atoms with van der Waals surface area (Å²) in [5.41, 5.74) is 0. The first-order valence-corrected chi connectivity index (χ1v) is 43.1. The normalized spacial score (nSPS) is 22.1. The van der Waals surface area contributed by atoms with Crippen molar-refractivity contribution < 1.29 is 64.6 Å². The molecule has 2 saturated heterocycles. The van der Waals surface area contributed by atoms with Crippen molar-refractivity contribution in [2.75, 3.05) is 19.8 Å². The smallest absolute Gasteiger partial charge is 0.220 e. The molecule has 0 spiro atoms. The molecule has 2 heterocycles. The van der Waals surface area contributed by atoms with Crippen molar-refractivity contribution in [2.45, 2.75) is 408 Å². The van der Waals surface area contributed by atoms with Crippen molar-refractivity contribution in [2.24, 2.45) is 0 Å². The lowest BCUT2D eigenvalue weighted by Crippen LogP contribution is -2.65. The second-order valence-electron chi connectivity index (χ2n) is 29.6. The molecule has 608 valence electrons. The second-order valence-corrected chi connectivity index (χ2v) is 29.6. The van der Waals surface area contributed by atoms with Crippen molar-refractivity contribution in [1.82, 2.24) is 5.32 Å². The molecule has 2 aliphatic rings. The fourth-order valence-electron chi connectivity index (χ4n) is 13.3. The fourth-order valence-corrected chi connectivity index (χ4v) is 13.3. The van der Waals surface area contributed by atoms with Crippen LogP contribution in [0.2, 0.25) is 0 Å². The Labute approximate surface area is 646 Å². The van der Waals surface area contributed by atoms with E-state index in [4.69, 9.17) is 18.9 Å². The van der Waals surface area contributed by atoms with Gasteiger partial charge in [-0.25, -0.2) is 0 Å². The molecule has 2 rings (SSSR count). The SMILES string of the molecule is CC/C=C\C/C=C\C/C=C\C/C=C\C/C=C\C/C=C\C/C=C\C/C=C\C/C=C\C/C=C\C/C=C\C/C=C\CCCCC(=O)NC(COC1OC(CO)C(OC2OC(CO)C(O)C(O)C2O)C(O)C1O)C(O)CCCCCCCCCCCCCCCCCCCCCCCCCCCCCCCCCCC. The largest absolute Gasteiger partial charge is 0.394 e. The first kappa shape index (κ1) is 97.9. The summed E-state index contributed by atoms with van der Waals surface area (Å²) in [7, 11) is 0. The summed E-state index contributed by atoms with van der Waals surface area (Å²) in [4.78, 5) is 13.4. The van der Waals surface area contributed by atoms with Gasteiger partial charge in [-0.05, 0) is 103 Å². The molecule has 2 aliphatic heterocycles. The number of carbonyl (C=O) groups is 1. The van der Waals surface area contributed by atoms with E-state index in [0.717, 1.165) is 116 Å². The van der Waals surface area contributed by atoms with Crippen LogP contribution in [0.15, 0.2) is 146 Å². The van der Waals surface area contributed by atoms with E-state index >= 15 is 0 Å². The summed E-state index contributed by atoms with van der Waals surface area (Å²) in [6.07, 6.45) is 94.7. The lowest BCUT2D eigenvalue weighted by Gasteiger charge is -2.46. The van der Waals surface area contributed by atoms with E-state index in [2.05, 4.69) is 165 Å².